The molecule has 1 fully saturated rings. The highest BCUT2D eigenvalue weighted by molar-refractivity contribution is 6.30. The fourth-order valence-electron chi connectivity index (χ4n) is 2.28. The maximum atomic E-state index is 6.15. The van der Waals surface area contributed by atoms with Gasteiger partial charge in [0.05, 0.1) is 0 Å². The van der Waals surface area contributed by atoms with Crippen LogP contribution in [0.3, 0.4) is 0 Å². The number of likely N-dealkylation sites (tertiary alicyclic amines) is 1. The molecule has 16 heavy (non-hydrogen) atoms. The third-order valence-corrected chi connectivity index (χ3v) is 3.35. The molecular weight excluding hydrogens is 220 g/mol. The minimum Gasteiger partial charge on any atom is -0.326 e. The van der Waals surface area contributed by atoms with Crippen LogP contribution >= 0.6 is 11.6 Å². The number of rotatable bonds is 4. The third kappa shape index (κ3) is 3.48. The van der Waals surface area contributed by atoms with Gasteiger partial charge in [0.25, 0.3) is 0 Å². The molecule has 0 bridgehead atoms. The van der Waals surface area contributed by atoms with Crippen molar-refractivity contribution in [1.82, 2.24) is 4.90 Å². The molecule has 2 rings (SSSR count). The standard InChI is InChI=1S/C13H19ClN2/c14-12-5-3-11(4-6-12)9-13(15)10-16-7-1-2-8-16/h3-6,13H,1-2,7-10,15H2. The molecule has 1 atom stereocenters. The van der Waals surface area contributed by atoms with Gasteiger partial charge in [0.15, 0.2) is 0 Å². The highest BCUT2D eigenvalue weighted by Gasteiger charge is 2.14. The number of benzene rings is 1. The van der Waals surface area contributed by atoms with E-state index in [1.165, 1.54) is 31.5 Å². The molecule has 1 unspecified atom stereocenters. The number of nitrogens with zero attached hydrogens (tertiary/aromatic N) is 1. The van der Waals surface area contributed by atoms with Crippen molar-refractivity contribution in [2.75, 3.05) is 19.6 Å². The van der Waals surface area contributed by atoms with Crippen molar-refractivity contribution in [2.45, 2.75) is 25.3 Å². The lowest BCUT2D eigenvalue weighted by Gasteiger charge is -2.20. The lowest BCUT2D eigenvalue weighted by molar-refractivity contribution is 0.313. The summed E-state index contributed by atoms with van der Waals surface area (Å²) in [5, 5.41) is 0.789. The Bertz CT molecular complexity index is 317. The first-order valence-electron chi connectivity index (χ1n) is 5.96. The van der Waals surface area contributed by atoms with E-state index in [-0.39, 0.29) is 6.04 Å². The van der Waals surface area contributed by atoms with E-state index in [0.29, 0.717) is 0 Å². The quantitative estimate of drug-likeness (QED) is 0.872. The Balaban J connectivity index is 1.81. The molecule has 1 aliphatic heterocycles. The van der Waals surface area contributed by atoms with Crippen molar-refractivity contribution in [1.29, 1.82) is 0 Å². The molecule has 0 aliphatic carbocycles. The van der Waals surface area contributed by atoms with Crippen LogP contribution in [0, 0.1) is 0 Å². The second-order valence-corrected chi connectivity index (χ2v) is 5.03. The van der Waals surface area contributed by atoms with Crippen molar-refractivity contribution in [3.8, 4) is 0 Å². The van der Waals surface area contributed by atoms with Crippen LogP contribution in [0.2, 0.25) is 5.02 Å². The van der Waals surface area contributed by atoms with E-state index in [0.717, 1.165) is 18.0 Å². The van der Waals surface area contributed by atoms with Gasteiger partial charge in [-0.1, -0.05) is 23.7 Å². The second kappa shape index (κ2) is 5.67. The molecule has 88 valence electrons. The Hall–Kier alpha value is -0.570. The monoisotopic (exact) mass is 238 g/mol. The van der Waals surface area contributed by atoms with Crippen LogP contribution in [0.15, 0.2) is 24.3 Å². The van der Waals surface area contributed by atoms with Crippen LogP contribution < -0.4 is 5.73 Å². The maximum Gasteiger partial charge on any atom is 0.0406 e. The first-order chi connectivity index (χ1) is 7.74. The van der Waals surface area contributed by atoms with Gasteiger partial charge in [0.2, 0.25) is 0 Å². The summed E-state index contributed by atoms with van der Waals surface area (Å²) >= 11 is 5.85. The molecule has 2 nitrogen and oxygen atoms in total. The average Bonchev–Trinajstić information content (AvgIpc) is 2.74. The van der Waals surface area contributed by atoms with Crippen molar-refractivity contribution in [3.63, 3.8) is 0 Å². The van der Waals surface area contributed by atoms with E-state index < -0.39 is 0 Å². The molecule has 0 amide bonds. The molecule has 1 aliphatic rings. The van der Waals surface area contributed by atoms with Crippen LogP contribution in [0.4, 0.5) is 0 Å². The number of nitrogens with two attached hydrogens (primary N) is 1. The SMILES string of the molecule is NC(Cc1ccc(Cl)cc1)CN1CCCC1. The molecule has 0 saturated carbocycles. The normalized spacial score (nSPS) is 18.9. The van der Waals surface area contributed by atoms with Gasteiger partial charge in [0, 0.05) is 17.6 Å². The first kappa shape index (κ1) is 11.9. The number of hydrogen-bond acceptors (Lipinski definition) is 2. The van der Waals surface area contributed by atoms with Crippen molar-refractivity contribution < 1.29 is 0 Å². The fourth-order valence-corrected chi connectivity index (χ4v) is 2.41. The summed E-state index contributed by atoms with van der Waals surface area (Å²) in [5.41, 5.74) is 7.42. The first-order valence-corrected chi connectivity index (χ1v) is 6.34. The molecule has 1 aromatic rings. The van der Waals surface area contributed by atoms with Gasteiger partial charge in [-0.2, -0.15) is 0 Å². The predicted molar refractivity (Wildman–Crippen MR) is 68.8 cm³/mol. The highest BCUT2D eigenvalue weighted by atomic mass is 35.5. The van der Waals surface area contributed by atoms with Gasteiger partial charge in [-0.05, 0) is 50.0 Å². The Morgan fingerprint density at radius 1 is 1.19 bits per heavy atom. The molecule has 0 radical (unpaired) electrons. The lowest BCUT2D eigenvalue weighted by Crippen LogP contribution is -2.37. The smallest absolute Gasteiger partial charge is 0.0406 e. The third-order valence-electron chi connectivity index (χ3n) is 3.10. The highest BCUT2D eigenvalue weighted by Crippen LogP contribution is 2.12. The summed E-state index contributed by atoms with van der Waals surface area (Å²) in [6, 6.07) is 8.22. The van der Waals surface area contributed by atoms with Gasteiger partial charge in [-0.3, -0.25) is 0 Å². The number of halogens is 1. The molecule has 0 spiro atoms. The van der Waals surface area contributed by atoms with Gasteiger partial charge in [0.1, 0.15) is 0 Å². The Labute approximate surface area is 102 Å². The zero-order valence-electron chi connectivity index (χ0n) is 9.53. The minimum absolute atomic E-state index is 0.235. The summed E-state index contributed by atoms with van der Waals surface area (Å²) in [5.74, 6) is 0. The van der Waals surface area contributed by atoms with Crippen LogP contribution in [0.1, 0.15) is 18.4 Å². The summed E-state index contributed by atoms with van der Waals surface area (Å²) < 4.78 is 0. The summed E-state index contributed by atoms with van der Waals surface area (Å²) in [6.45, 7) is 3.45. The number of hydrogen-bond donors (Lipinski definition) is 1. The van der Waals surface area contributed by atoms with Crippen molar-refractivity contribution in [3.05, 3.63) is 34.9 Å². The Morgan fingerprint density at radius 2 is 1.81 bits per heavy atom. The van der Waals surface area contributed by atoms with Crippen LogP contribution in [0.5, 0.6) is 0 Å². The molecule has 0 aromatic heterocycles. The molecule has 1 aromatic carbocycles. The average molecular weight is 239 g/mol. The summed E-state index contributed by atoms with van der Waals surface area (Å²) in [7, 11) is 0. The van der Waals surface area contributed by atoms with Crippen LogP contribution in [-0.2, 0) is 6.42 Å². The van der Waals surface area contributed by atoms with Crippen molar-refractivity contribution >= 4 is 11.6 Å². The van der Waals surface area contributed by atoms with Gasteiger partial charge in [-0.25, -0.2) is 0 Å². The Kier molecular flexibility index (Phi) is 4.22. The molecule has 1 heterocycles. The molecular formula is C13H19ClN2. The van der Waals surface area contributed by atoms with E-state index in [2.05, 4.69) is 17.0 Å². The van der Waals surface area contributed by atoms with E-state index >= 15 is 0 Å². The van der Waals surface area contributed by atoms with Crippen LogP contribution in [0.25, 0.3) is 0 Å². The topological polar surface area (TPSA) is 29.3 Å². The van der Waals surface area contributed by atoms with Gasteiger partial charge < -0.3 is 10.6 Å². The van der Waals surface area contributed by atoms with E-state index in [9.17, 15) is 0 Å². The van der Waals surface area contributed by atoms with Gasteiger partial charge >= 0.3 is 0 Å². The maximum absolute atomic E-state index is 6.15. The largest absolute Gasteiger partial charge is 0.326 e. The molecule has 2 N–H and O–H groups in total. The predicted octanol–water partition coefficient (Wildman–Crippen LogP) is 2.31. The van der Waals surface area contributed by atoms with E-state index in [1.807, 2.05) is 12.1 Å². The molecule has 1 saturated heterocycles. The zero-order valence-corrected chi connectivity index (χ0v) is 10.3. The van der Waals surface area contributed by atoms with Crippen LogP contribution in [-0.4, -0.2) is 30.6 Å². The van der Waals surface area contributed by atoms with E-state index in [1.54, 1.807) is 0 Å². The summed E-state index contributed by atoms with van der Waals surface area (Å²) in [6.07, 6.45) is 3.59. The Morgan fingerprint density at radius 3 is 2.44 bits per heavy atom. The van der Waals surface area contributed by atoms with E-state index in [4.69, 9.17) is 17.3 Å². The summed E-state index contributed by atoms with van der Waals surface area (Å²) in [4.78, 5) is 2.46. The minimum atomic E-state index is 0.235. The zero-order chi connectivity index (χ0) is 11.4. The van der Waals surface area contributed by atoms with Gasteiger partial charge in [-0.15, -0.1) is 0 Å². The van der Waals surface area contributed by atoms with Crippen molar-refractivity contribution in [2.24, 2.45) is 5.73 Å². The fraction of sp³-hybridized carbons (Fsp3) is 0.538. The second-order valence-electron chi connectivity index (χ2n) is 4.60. The lowest BCUT2D eigenvalue weighted by atomic mass is 10.1. The molecule has 3 heteroatoms.